The zero-order chi connectivity index (χ0) is 16.4. The molecule has 2 aromatic rings. The van der Waals surface area contributed by atoms with Crippen molar-refractivity contribution in [1.82, 2.24) is 0 Å². The first kappa shape index (κ1) is 15.7. The van der Waals surface area contributed by atoms with Crippen LogP contribution in [0.2, 0.25) is 0 Å². The van der Waals surface area contributed by atoms with Crippen molar-refractivity contribution in [3.63, 3.8) is 0 Å². The normalized spacial score (nSPS) is 13.5. The van der Waals surface area contributed by atoms with E-state index in [1.54, 1.807) is 24.3 Å². The lowest BCUT2D eigenvalue weighted by Gasteiger charge is -2.10. The van der Waals surface area contributed by atoms with Crippen LogP contribution in [0.4, 0.5) is 11.4 Å². The van der Waals surface area contributed by atoms with Crippen LogP contribution in [0.25, 0.3) is 0 Å². The minimum absolute atomic E-state index is 0.0336. The molecule has 2 aromatic carbocycles. The first-order valence-corrected chi connectivity index (χ1v) is 8.30. The van der Waals surface area contributed by atoms with E-state index in [1.807, 2.05) is 25.1 Å². The van der Waals surface area contributed by atoms with Crippen molar-refractivity contribution < 1.29 is 9.59 Å². The summed E-state index contributed by atoms with van der Waals surface area (Å²) in [7, 11) is 0. The fourth-order valence-electron chi connectivity index (χ4n) is 2.29. The van der Waals surface area contributed by atoms with Crippen molar-refractivity contribution in [2.24, 2.45) is 5.92 Å². The number of hydrogen-bond acceptors (Lipinski definition) is 2. The maximum Gasteiger partial charge on any atom is 0.255 e. The molecule has 2 amide bonds. The molecule has 0 unspecified atom stereocenters. The summed E-state index contributed by atoms with van der Waals surface area (Å²) in [5, 5.41) is 5.75. The predicted molar refractivity (Wildman–Crippen MR) is 94.6 cm³/mol. The van der Waals surface area contributed by atoms with Crippen LogP contribution in [-0.4, -0.2) is 11.8 Å². The van der Waals surface area contributed by atoms with Gasteiger partial charge in [0.05, 0.1) is 0 Å². The Balaban J connectivity index is 1.72. The molecule has 4 nitrogen and oxygen atoms in total. The second kappa shape index (κ2) is 6.54. The molecule has 118 valence electrons. The Morgan fingerprint density at radius 1 is 1.09 bits per heavy atom. The summed E-state index contributed by atoms with van der Waals surface area (Å²) in [4.78, 5) is 24.2. The Bertz CT molecular complexity index is 769. The summed E-state index contributed by atoms with van der Waals surface area (Å²) in [6, 6.07) is 12.7. The molecule has 0 radical (unpaired) electrons. The van der Waals surface area contributed by atoms with Gasteiger partial charge in [-0.2, -0.15) is 0 Å². The molecular weight excluding hydrogens is 356 g/mol. The van der Waals surface area contributed by atoms with E-state index in [2.05, 4.69) is 26.6 Å². The third-order valence-electron chi connectivity index (χ3n) is 3.78. The van der Waals surface area contributed by atoms with Gasteiger partial charge in [-0.15, -0.1) is 0 Å². The molecule has 0 spiro atoms. The van der Waals surface area contributed by atoms with Crippen molar-refractivity contribution in [1.29, 1.82) is 0 Å². The van der Waals surface area contributed by atoms with Crippen LogP contribution >= 0.6 is 15.9 Å². The van der Waals surface area contributed by atoms with E-state index in [1.165, 1.54) is 0 Å². The summed E-state index contributed by atoms with van der Waals surface area (Å²) in [5.41, 5.74) is 2.92. The molecule has 1 saturated carbocycles. The number of carbonyl (C=O) groups excluding carboxylic acids is 2. The van der Waals surface area contributed by atoms with Gasteiger partial charge in [-0.3, -0.25) is 9.59 Å². The third-order valence-corrected chi connectivity index (χ3v) is 4.27. The molecule has 0 saturated heterocycles. The van der Waals surface area contributed by atoms with Crippen LogP contribution in [0.15, 0.2) is 46.9 Å². The predicted octanol–water partition coefficient (Wildman–Crippen LogP) is 4.36. The summed E-state index contributed by atoms with van der Waals surface area (Å²) in [6.45, 7) is 1.94. The zero-order valence-electron chi connectivity index (χ0n) is 12.7. The highest BCUT2D eigenvalue weighted by Gasteiger charge is 2.29. The Kier molecular flexibility index (Phi) is 4.48. The van der Waals surface area contributed by atoms with E-state index in [9.17, 15) is 9.59 Å². The van der Waals surface area contributed by atoms with Crippen molar-refractivity contribution in [3.8, 4) is 0 Å². The molecule has 3 rings (SSSR count). The number of amides is 2. The second-order valence-corrected chi connectivity index (χ2v) is 6.67. The summed E-state index contributed by atoms with van der Waals surface area (Å²) in [6.07, 6.45) is 1.91. The van der Waals surface area contributed by atoms with Gasteiger partial charge in [-0.05, 0) is 61.7 Å². The number of anilines is 2. The number of aryl methyl sites for hydroxylation is 1. The molecule has 1 aliphatic carbocycles. The number of halogens is 1. The van der Waals surface area contributed by atoms with Gasteiger partial charge in [-0.25, -0.2) is 0 Å². The Hall–Kier alpha value is -2.14. The SMILES string of the molecule is Cc1cc(Br)ccc1NC(=O)c1cccc(NC(=O)C2CC2)c1. The monoisotopic (exact) mass is 372 g/mol. The van der Waals surface area contributed by atoms with Gasteiger partial charge < -0.3 is 10.6 Å². The maximum absolute atomic E-state index is 12.4. The maximum atomic E-state index is 12.4. The number of rotatable bonds is 4. The molecule has 0 atom stereocenters. The van der Waals surface area contributed by atoms with Crippen molar-refractivity contribution in [2.75, 3.05) is 10.6 Å². The minimum Gasteiger partial charge on any atom is -0.326 e. The van der Waals surface area contributed by atoms with Gasteiger partial charge in [0.25, 0.3) is 5.91 Å². The van der Waals surface area contributed by atoms with Crippen LogP contribution in [0, 0.1) is 12.8 Å². The van der Waals surface area contributed by atoms with Crippen molar-refractivity contribution in [2.45, 2.75) is 19.8 Å². The highest BCUT2D eigenvalue weighted by atomic mass is 79.9. The van der Waals surface area contributed by atoms with Gasteiger partial charge in [-0.1, -0.05) is 22.0 Å². The fraction of sp³-hybridized carbons (Fsp3) is 0.222. The van der Waals surface area contributed by atoms with E-state index in [0.29, 0.717) is 11.3 Å². The Morgan fingerprint density at radius 2 is 1.87 bits per heavy atom. The number of nitrogens with one attached hydrogen (secondary N) is 2. The molecule has 23 heavy (non-hydrogen) atoms. The molecule has 1 aliphatic rings. The number of carbonyl (C=O) groups is 2. The topological polar surface area (TPSA) is 58.2 Å². The minimum atomic E-state index is -0.196. The summed E-state index contributed by atoms with van der Waals surface area (Å²) >= 11 is 3.40. The van der Waals surface area contributed by atoms with Crippen LogP contribution in [0.1, 0.15) is 28.8 Å². The van der Waals surface area contributed by atoms with Gasteiger partial charge in [0.1, 0.15) is 0 Å². The van der Waals surface area contributed by atoms with Gasteiger partial charge in [0, 0.05) is 27.3 Å². The van der Waals surface area contributed by atoms with Gasteiger partial charge in [0.15, 0.2) is 0 Å². The standard InChI is InChI=1S/C18H17BrN2O2/c1-11-9-14(19)7-8-16(11)21-18(23)13-3-2-4-15(10-13)20-17(22)12-5-6-12/h2-4,7-10,12H,5-6H2,1H3,(H,20,22)(H,21,23). The molecule has 0 heterocycles. The summed E-state index contributed by atoms with van der Waals surface area (Å²) in [5.74, 6) is -0.0258. The average Bonchev–Trinajstić information content (AvgIpc) is 3.35. The molecule has 5 heteroatoms. The van der Waals surface area contributed by atoms with Crippen LogP contribution in [-0.2, 0) is 4.79 Å². The Morgan fingerprint density at radius 3 is 2.57 bits per heavy atom. The highest BCUT2D eigenvalue weighted by Crippen LogP contribution is 2.30. The molecule has 2 N–H and O–H groups in total. The quantitative estimate of drug-likeness (QED) is 0.837. The van der Waals surface area contributed by atoms with E-state index >= 15 is 0 Å². The van der Waals surface area contributed by atoms with Crippen molar-refractivity contribution in [3.05, 3.63) is 58.1 Å². The largest absolute Gasteiger partial charge is 0.326 e. The lowest BCUT2D eigenvalue weighted by atomic mass is 10.1. The summed E-state index contributed by atoms with van der Waals surface area (Å²) < 4.78 is 0.970. The third kappa shape index (κ3) is 3.99. The fourth-order valence-corrected chi connectivity index (χ4v) is 2.77. The van der Waals surface area contributed by atoms with Crippen LogP contribution in [0.5, 0.6) is 0 Å². The molecule has 0 aliphatic heterocycles. The van der Waals surface area contributed by atoms with Crippen LogP contribution < -0.4 is 10.6 Å². The molecule has 1 fully saturated rings. The lowest BCUT2D eigenvalue weighted by Crippen LogP contribution is -2.15. The van der Waals surface area contributed by atoms with E-state index in [0.717, 1.165) is 28.6 Å². The van der Waals surface area contributed by atoms with Crippen molar-refractivity contribution >= 4 is 39.1 Å². The first-order chi connectivity index (χ1) is 11.0. The zero-order valence-corrected chi connectivity index (χ0v) is 14.3. The number of hydrogen-bond donors (Lipinski definition) is 2. The van der Waals surface area contributed by atoms with E-state index < -0.39 is 0 Å². The second-order valence-electron chi connectivity index (χ2n) is 5.76. The lowest BCUT2D eigenvalue weighted by molar-refractivity contribution is -0.117. The van der Waals surface area contributed by atoms with Crippen LogP contribution in [0.3, 0.4) is 0 Å². The van der Waals surface area contributed by atoms with Gasteiger partial charge >= 0.3 is 0 Å². The van der Waals surface area contributed by atoms with E-state index in [-0.39, 0.29) is 17.7 Å². The molecule has 0 aromatic heterocycles. The molecular formula is C18H17BrN2O2. The smallest absolute Gasteiger partial charge is 0.255 e. The van der Waals surface area contributed by atoms with Gasteiger partial charge in [0.2, 0.25) is 5.91 Å². The number of benzene rings is 2. The highest BCUT2D eigenvalue weighted by molar-refractivity contribution is 9.10. The first-order valence-electron chi connectivity index (χ1n) is 7.51. The van der Waals surface area contributed by atoms with E-state index in [4.69, 9.17) is 0 Å². The molecule has 0 bridgehead atoms. The average molecular weight is 373 g/mol. The Labute approximate surface area is 143 Å².